The molecule has 0 aromatic carbocycles. The van der Waals surface area contributed by atoms with Crippen molar-refractivity contribution in [1.29, 1.82) is 0 Å². The van der Waals surface area contributed by atoms with E-state index in [9.17, 15) is 0 Å². The minimum absolute atomic E-state index is 0.142. The summed E-state index contributed by atoms with van der Waals surface area (Å²) in [7, 11) is 0. The molecule has 0 bridgehead atoms. The van der Waals surface area contributed by atoms with Gasteiger partial charge in [0.15, 0.2) is 0 Å². The summed E-state index contributed by atoms with van der Waals surface area (Å²) in [6.07, 6.45) is 9.13. The molecule has 4 heteroatoms. The second kappa shape index (κ2) is 6.31. The molecule has 1 unspecified atom stereocenters. The first-order valence-electron chi connectivity index (χ1n) is 6.32. The van der Waals surface area contributed by atoms with E-state index >= 15 is 0 Å². The molecule has 0 saturated carbocycles. The number of nitrogens with zero attached hydrogens (tertiary/aromatic N) is 2. The van der Waals surface area contributed by atoms with Gasteiger partial charge in [-0.2, -0.15) is 0 Å². The van der Waals surface area contributed by atoms with E-state index in [2.05, 4.69) is 22.2 Å². The Bertz CT molecular complexity index is 450. The van der Waals surface area contributed by atoms with Crippen LogP contribution in [0, 0.1) is 6.92 Å². The normalized spacial score (nSPS) is 12.6. The number of nitrogens with one attached hydrogen (secondary N) is 1. The molecule has 2 rings (SSSR count). The quantitative estimate of drug-likeness (QED) is 0.850. The molecule has 4 nitrogen and oxygen atoms in total. The zero-order valence-electron chi connectivity index (χ0n) is 10.9. The molecule has 0 aliphatic rings. The van der Waals surface area contributed by atoms with Gasteiger partial charge in [-0.05, 0) is 43.5 Å². The van der Waals surface area contributed by atoms with E-state index in [-0.39, 0.29) is 6.04 Å². The fraction of sp³-hybridized carbons (Fsp3) is 0.429. The first kappa shape index (κ1) is 12.8. The van der Waals surface area contributed by atoms with Gasteiger partial charge >= 0.3 is 0 Å². The fourth-order valence-corrected chi connectivity index (χ4v) is 1.80. The van der Waals surface area contributed by atoms with Crippen LogP contribution in [0.4, 0.5) is 0 Å². The number of aryl methyl sites for hydroxylation is 1. The van der Waals surface area contributed by atoms with Crippen LogP contribution in [0.1, 0.15) is 36.3 Å². The molecule has 2 aromatic heterocycles. The van der Waals surface area contributed by atoms with Crippen LogP contribution < -0.4 is 5.32 Å². The summed E-state index contributed by atoms with van der Waals surface area (Å²) in [5.41, 5.74) is 2.24. The Morgan fingerprint density at radius 3 is 2.72 bits per heavy atom. The third-order valence-electron chi connectivity index (χ3n) is 2.77. The lowest BCUT2D eigenvalue weighted by Gasteiger charge is -2.16. The third kappa shape index (κ3) is 3.40. The third-order valence-corrected chi connectivity index (χ3v) is 2.77. The van der Waals surface area contributed by atoms with Crippen molar-refractivity contribution in [3.8, 4) is 0 Å². The average molecular weight is 245 g/mol. The summed E-state index contributed by atoms with van der Waals surface area (Å²) < 4.78 is 5.11. The number of aromatic nitrogens is 2. The van der Waals surface area contributed by atoms with Crippen molar-refractivity contribution in [3.63, 3.8) is 0 Å². The Hall–Kier alpha value is -1.68. The van der Waals surface area contributed by atoms with Gasteiger partial charge in [0.2, 0.25) is 0 Å². The molecule has 0 fully saturated rings. The number of hydrogen-bond donors (Lipinski definition) is 1. The van der Waals surface area contributed by atoms with E-state index in [0.717, 1.165) is 36.3 Å². The standard InChI is InChI=1S/C14H19N3O/c1-3-5-15-13(7-12-4-6-18-10-12)14-16-8-11(2)9-17-14/h4,6,8-10,13,15H,3,5,7H2,1-2H3. The molecule has 0 saturated heterocycles. The Morgan fingerprint density at radius 1 is 1.33 bits per heavy atom. The predicted molar refractivity (Wildman–Crippen MR) is 70.2 cm³/mol. The number of hydrogen-bond acceptors (Lipinski definition) is 4. The Kier molecular flexibility index (Phi) is 4.47. The number of furan rings is 1. The van der Waals surface area contributed by atoms with Crippen molar-refractivity contribution in [1.82, 2.24) is 15.3 Å². The van der Waals surface area contributed by atoms with Crippen molar-refractivity contribution < 1.29 is 4.42 Å². The van der Waals surface area contributed by atoms with Crippen molar-refractivity contribution >= 4 is 0 Å². The van der Waals surface area contributed by atoms with Crippen LogP contribution >= 0.6 is 0 Å². The summed E-state index contributed by atoms with van der Waals surface area (Å²) >= 11 is 0. The van der Waals surface area contributed by atoms with Crippen LogP contribution in [-0.4, -0.2) is 16.5 Å². The highest BCUT2D eigenvalue weighted by atomic mass is 16.3. The Morgan fingerprint density at radius 2 is 2.11 bits per heavy atom. The second-order valence-electron chi connectivity index (χ2n) is 4.46. The summed E-state index contributed by atoms with van der Waals surface area (Å²) in [5.74, 6) is 0.843. The maximum atomic E-state index is 5.11. The highest BCUT2D eigenvalue weighted by Crippen LogP contribution is 2.15. The van der Waals surface area contributed by atoms with Crippen LogP contribution in [0.5, 0.6) is 0 Å². The molecule has 2 heterocycles. The zero-order valence-corrected chi connectivity index (χ0v) is 10.9. The van der Waals surface area contributed by atoms with Gasteiger partial charge in [0.25, 0.3) is 0 Å². The molecule has 1 atom stereocenters. The van der Waals surface area contributed by atoms with E-state index in [1.807, 2.05) is 25.4 Å². The van der Waals surface area contributed by atoms with Gasteiger partial charge in [-0.1, -0.05) is 6.92 Å². The van der Waals surface area contributed by atoms with E-state index in [1.165, 1.54) is 0 Å². The Labute approximate surface area is 107 Å². The van der Waals surface area contributed by atoms with E-state index in [0.29, 0.717) is 0 Å². The van der Waals surface area contributed by atoms with Gasteiger partial charge in [-0.25, -0.2) is 9.97 Å². The molecule has 96 valence electrons. The maximum absolute atomic E-state index is 5.11. The lowest BCUT2D eigenvalue weighted by Crippen LogP contribution is -2.25. The molecular formula is C14H19N3O. The fourth-order valence-electron chi connectivity index (χ4n) is 1.80. The van der Waals surface area contributed by atoms with E-state index in [4.69, 9.17) is 4.42 Å². The molecule has 0 amide bonds. The summed E-state index contributed by atoms with van der Waals surface area (Å²) in [6, 6.07) is 2.12. The molecule has 1 N–H and O–H groups in total. The van der Waals surface area contributed by atoms with Crippen LogP contribution in [-0.2, 0) is 6.42 Å². The van der Waals surface area contributed by atoms with Gasteiger partial charge < -0.3 is 9.73 Å². The second-order valence-corrected chi connectivity index (χ2v) is 4.46. The maximum Gasteiger partial charge on any atom is 0.145 e. The zero-order chi connectivity index (χ0) is 12.8. The van der Waals surface area contributed by atoms with Crippen molar-refractivity contribution in [2.24, 2.45) is 0 Å². The lowest BCUT2D eigenvalue weighted by molar-refractivity contribution is 0.498. The van der Waals surface area contributed by atoms with E-state index < -0.39 is 0 Å². The highest BCUT2D eigenvalue weighted by Gasteiger charge is 2.14. The highest BCUT2D eigenvalue weighted by molar-refractivity contribution is 5.12. The SMILES string of the molecule is CCCNC(Cc1ccoc1)c1ncc(C)cn1. The van der Waals surface area contributed by atoms with Gasteiger partial charge in [-0.15, -0.1) is 0 Å². The first-order chi connectivity index (χ1) is 8.79. The van der Waals surface area contributed by atoms with E-state index in [1.54, 1.807) is 12.5 Å². The van der Waals surface area contributed by atoms with Crippen LogP contribution in [0.15, 0.2) is 35.4 Å². The van der Waals surface area contributed by atoms with Crippen molar-refractivity contribution in [2.75, 3.05) is 6.54 Å². The Balaban J connectivity index is 2.11. The largest absolute Gasteiger partial charge is 0.472 e. The minimum atomic E-state index is 0.142. The topological polar surface area (TPSA) is 51.0 Å². The van der Waals surface area contributed by atoms with Crippen molar-refractivity contribution in [2.45, 2.75) is 32.7 Å². The molecular weight excluding hydrogens is 226 g/mol. The molecule has 0 aliphatic carbocycles. The first-order valence-corrected chi connectivity index (χ1v) is 6.32. The van der Waals surface area contributed by atoms with Gasteiger partial charge in [-0.3, -0.25) is 0 Å². The van der Waals surface area contributed by atoms with Crippen LogP contribution in [0.2, 0.25) is 0 Å². The van der Waals surface area contributed by atoms with Crippen LogP contribution in [0.25, 0.3) is 0 Å². The van der Waals surface area contributed by atoms with Crippen molar-refractivity contribution in [3.05, 3.63) is 47.9 Å². The molecule has 18 heavy (non-hydrogen) atoms. The summed E-state index contributed by atoms with van der Waals surface area (Å²) in [4.78, 5) is 8.82. The average Bonchev–Trinajstić information content (AvgIpc) is 2.88. The molecule has 2 aromatic rings. The number of rotatable bonds is 6. The smallest absolute Gasteiger partial charge is 0.145 e. The monoisotopic (exact) mass is 245 g/mol. The predicted octanol–water partition coefficient (Wildman–Crippen LogP) is 2.66. The molecule has 0 radical (unpaired) electrons. The molecule has 0 aliphatic heterocycles. The molecule has 0 spiro atoms. The van der Waals surface area contributed by atoms with Crippen LogP contribution in [0.3, 0.4) is 0 Å². The summed E-state index contributed by atoms with van der Waals surface area (Å²) in [5, 5.41) is 3.48. The van der Waals surface area contributed by atoms with Gasteiger partial charge in [0.05, 0.1) is 18.6 Å². The van der Waals surface area contributed by atoms with Gasteiger partial charge in [0, 0.05) is 12.4 Å². The lowest BCUT2D eigenvalue weighted by atomic mass is 10.1. The summed E-state index contributed by atoms with van der Waals surface area (Å²) in [6.45, 7) is 5.10. The van der Waals surface area contributed by atoms with Gasteiger partial charge in [0.1, 0.15) is 5.82 Å². The minimum Gasteiger partial charge on any atom is -0.472 e.